The Hall–Kier alpha value is -2.05. The molecule has 3 amide bonds. The lowest BCUT2D eigenvalue weighted by Gasteiger charge is -2.19. The highest BCUT2D eigenvalue weighted by Gasteiger charge is 2.46. The SMILES string of the molecule is C[C@@H](CCN1C(=O)[C@@H]2CCCN2C1=O)c1cccc(C(F)(F)F)c1. The number of fused-ring (bicyclic) bond motifs is 1. The van der Waals surface area contributed by atoms with Crippen molar-refractivity contribution >= 4 is 11.9 Å². The number of hydrogen-bond donors (Lipinski definition) is 0. The molecule has 7 heteroatoms. The summed E-state index contributed by atoms with van der Waals surface area (Å²) in [6.07, 6.45) is -2.39. The molecule has 130 valence electrons. The van der Waals surface area contributed by atoms with Crippen LogP contribution in [-0.4, -0.2) is 40.9 Å². The number of halogens is 3. The molecule has 0 aromatic heterocycles. The minimum absolute atomic E-state index is 0.172. The molecule has 2 fully saturated rings. The van der Waals surface area contributed by atoms with Crippen molar-refractivity contribution in [2.45, 2.75) is 44.3 Å². The zero-order valence-electron chi connectivity index (χ0n) is 13.3. The maximum Gasteiger partial charge on any atom is 0.416 e. The second-order valence-corrected chi connectivity index (χ2v) is 6.44. The van der Waals surface area contributed by atoms with Gasteiger partial charge in [0.25, 0.3) is 5.91 Å². The Bertz CT molecular complexity index is 637. The van der Waals surface area contributed by atoms with Crippen molar-refractivity contribution in [2.75, 3.05) is 13.1 Å². The number of nitrogens with zero attached hydrogens (tertiary/aromatic N) is 2. The van der Waals surface area contributed by atoms with Crippen LogP contribution in [0.4, 0.5) is 18.0 Å². The van der Waals surface area contributed by atoms with Crippen molar-refractivity contribution in [3.05, 3.63) is 35.4 Å². The molecule has 0 unspecified atom stereocenters. The van der Waals surface area contributed by atoms with E-state index >= 15 is 0 Å². The zero-order valence-corrected chi connectivity index (χ0v) is 13.3. The van der Waals surface area contributed by atoms with Crippen LogP contribution in [-0.2, 0) is 11.0 Å². The van der Waals surface area contributed by atoms with Crippen molar-refractivity contribution in [2.24, 2.45) is 0 Å². The van der Waals surface area contributed by atoms with Gasteiger partial charge in [0.15, 0.2) is 0 Å². The quantitative estimate of drug-likeness (QED) is 0.786. The number of amides is 3. The Morgan fingerprint density at radius 3 is 2.71 bits per heavy atom. The molecule has 24 heavy (non-hydrogen) atoms. The van der Waals surface area contributed by atoms with Gasteiger partial charge in [0.2, 0.25) is 0 Å². The van der Waals surface area contributed by atoms with Crippen molar-refractivity contribution in [3.8, 4) is 0 Å². The van der Waals surface area contributed by atoms with Crippen molar-refractivity contribution in [1.82, 2.24) is 9.80 Å². The topological polar surface area (TPSA) is 40.6 Å². The minimum atomic E-state index is -4.37. The zero-order chi connectivity index (χ0) is 17.5. The molecule has 2 aliphatic rings. The standard InChI is InChI=1S/C17H19F3N2O2/c1-11(12-4-2-5-13(10-12)17(18,19)20)7-9-22-15(23)14-6-3-8-21(14)16(22)24/h2,4-5,10-11,14H,3,6-9H2,1H3/t11-,14-/m0/s1. The lowest BCUT2D eigenvalue weighted by molar-refractivity contribution is -0.137. The van der Waals surface area contributed by atoms with Gasteiger partial charge in [0.05, 0.1) is 5.56 Å². The van der Waals surface area contributed by atoms with Crippen molar-refractivity contribution < 1.29 is 22.8 Å². The third kappa shape index (κ3) is 2.99. The summed E-state index contributed by atoms with van der Waals surface area (Å²) >= 11 is 0. The van der Waals surface area contributed by atoms with E-state index in [-0.39, 0.29) is 30.4 Å². The first-order chi connectivity index (χ1) is 11.3. The molecular weight excluding hydrogens is 321 g/mol. The number of urea groups is 1. The van der Waals surface area contributed by atoms with E-state index < -0.39 is 11.7 Å². The number of rotatable bonds is 4. The predicted octanol–water partition coefficient (Wildman–Crippen LogP) is 3.63. The molecule has 3 rings (SSSR count). The number of hydrogen-bond acceptors (Lipinski definition) is 2. The van der Waals surface area contributed by atoms with E-state index in [9.17, 15) is 22.8 Å². The first-order valence-corrected chi connectivity index (χ1v) is 8.08. The Labute approximate surface area is 138 Å². The molecule has 2 heterocycles. The number of carbonyl (C=O) groups excluding carboxylic acids is 2. The van der Waals surface area contributed by atoms with Crippen molar-refractivity contribution in [3.63, 3.8) is 0 Å². The Balaban J connectivity index is 1.65. The minimum Gasteiger partial charge on any atom is -0.312 e. The largest absolute Gasteiger partial charge is 0.416 e. The Kier molecular flexibility index (Phi) is 4.27. The molecule has 1 aromatic carbocycles. The van der Waals surface area contributed by atoms with Crippen LogP contribution < -0.4 is 0 Å². The fourth-order valence-corrected chi connectivity index (χ4v) is 3.40. The molecule has 0 radical (unpaired) electrons. The number of imide groups is 1. The smallest absolute Gasteiger partial charge is 0.312 e. The molecular formula is C17H19F3N2O2. The molecule has 2 saturated heterocycles. The highest BCUT2D eigenvalue weighted by molar-refractivity contribution is 6.04. The maximum absolute atomic E-state index is 12.8. The van der Waals surface area contributed by atoms with Crippen LogP contribution in [0.15, 0.2) is 24.3 Å². The predicted molar refractivity (Wildman–Crippen MR) is 81.3 cm³/mol. The van der Waals surface area contributed by atoms with E-state index in [4.69, 9.17) is 0 Å². The third-order valence-corrected chi connectivity index (χ3v) is 4.85. The monoisotopic (exact) mass is 340 g/mol. The third-order valence-electron chi connectivity index (χ3n) is 4.85. The van der Waals surface area contributed by atoms with E-state index in [1.54, 1.807) is 11.0 Å². The second-order valence-electron chi connectivity index (χ2n) is 6.44. The summed E-state index contributed by atoms with van der Waals surface area (Å²) in [5.74, 6) is -0.350. The number of carbonyl (C=O) groups is 2. The van der Waals surface area contributed by atoms with E-state index in [0.29, 0.717) is 24.9 Å². The normalized spacial score (nSPS) is 22.2. The lowest BCUT2D eigenvalue weighted by Crippen LogP contribution is -2.34. The molecule has 0 saturated carbocycles. The molecule has 0 bridgehead atoms. The molecule has 2 aliphatic heterocycles. The van der Waals surface area contributed by atoms with E-state index in [1.807, 2.05) is 6.92 Å². The molecule has 0 spiro atoms. The van der Waals surface area contributed by atoms with Crippen LogP contribution in [0.2, 0.25) is 0 Å². The van der Waals surface area contributed by atoms with Gasteiger partial charge in [-0.3, -0.25) is 9.69 Å². The van der Waals surface area contributed by atoms with Crippen LogP contribution in [0.5, 0.6) is 0 Å². The fraction of sp³-hybridized carbons (Fsp3) is 0.529. The van der Waals surface area contributed by atoms with Gasteiger partial charge in [-0.05, 0) is 36.8 Å². The number of alkyl halides is 3. The van der Waals surface area contributed by atoms with Crippen LogP contribution in [0.3, 0.4) is 0 Å². The van der Waals surface area contributed by atoms with Gasteiger partial charge < -0.3 is 4.90 Å². The summed E-state index contributed by atoms with van der Waals surface area (Å²) in [4.78, 5) is 27.3. The maximum atomic E-state index is 12.8. The summed E-state index contributed by atoms with van der Waals surface area (Å²) in [6, 6.07) is 4.61. The highest BCUT2D eigenvalue weighted by atomic mass is 19.4. The summed E-state index contributed by atoms with van der Waals surface area (Å²) in [6.45, 7) is 2.65. The summed E-state index contributed by atoms with van der Waals surface area (Å²) < 4.78 is 38.4. The molecule has 1 aromatic rings. The van der Waals surface area contributed by atoms with Gasteiger partial charge in [-0.1, -0.05) is 25.1 Å². The van der Waals surface area contributed by atoms with Crippen LogP contribution in [0.1, 0.15) is 43.2 Å². The van der Waals surface area contributed by atoms with Gasteiger partial charge in [-0.2, -0.15) is 13.2 Å². The van der Waals surface area contributed by atoms with Gasteiger partial charge in [-0.25, -0.2) is 4.79 Å². The van der Waals surface area contributed by atoms with Gasteiger partial charge in [0.1, 0.15) is 6.04 Å². The average Bonchev–Trinajstić information content (AvgIpc) is 3.10. The summed E-state index contributed by atoms with van der Waals surface area (Å²) in [7, 11) is 0. The number of benzene rings is 1. The van der Waals surface area contributed by atoms with Gasteiger partial charge in [-0.15, -0.1) is 0 Å². The van der Waals surface area contributed by atoms with E-state index in [0.717, 1.165) is 18.6 Å². The Morgan fingerprint density at radius 1 is 1.29 bits per heavy atom. The Morgan fingerprint density at radius 2 is 2.04 bits per heavy atom. The molecule has 2 atom stereocenters. The lowest BCUT2D eigenvalue weighted by atomic mass is 9.95. The molecule has 4 nitrogen and oxygen atoms in total. The summed E-state index contributed by atoms with van der Waals surface area (Å²) in [5, 5.41) is 0. The second kappa shape index (κ2) is 6.11. The highest BCUT2D eigenvalue weighted by Crippen LogP contribution is 2.32. The fourth-order valence-electron chi connectivity index (χ4n) is 3.40. The first kappa shape index (κ1) is 16.8. The van der Waals surface area contributed by atoms with E-state index in [2.05, 4.69) is 0 Å². The molecule has 0 N–H and O–H groups in total. The van der Waals surface area contributed by atoms with E-state index in [1.165, 1.54) is 11.0 Å². The molecule has 0 aliphatic carbocycles. The first-order valence-electron chi connectivity index (χ1n) is 8.08. The van der Waals surface area contributed by atoms with Crippen LogP contribution >= 0.6 is 0 Å². The van der Waals surface area contributed by atoms with Gasteiger partial charge >= 0.3 is 12.2 Å². The van der Waals surface area contributed by atoms with Crippen LogP contribution in [0.25, 0.3) is 0 Å². The van der Waals surface area contributed by atoms with Crippen LogP contribution in [0, 0.1) is 0 Å². The average molecular weight is 340 g/mol. The summed E-state index contributed by atoms with van der Waals surface area (Å²) in [5.41, 5.74) is -0.120. The van der Waals surface area contributed by atoms with Gasteiger partial charge in [0, 0.05) is 13.1 Å². The van der Waals surface area contributed by atoms with Crippen molar-refractivity contribution in [1.29, 1.82) is 0 Å².